The normalized spacial score (nSPS) is 15.0. The van der Waals surface area contributed by atoms with E-state index in [9.17, 15) is 10.1 Å². The van der Waals surface area contributed by atoms with E-state index in [-0.39, 0.29) is 5.11 Å². The van der Waals surface area contributed by atoms with Crippen LogP contribution >= 0.6 is 0 Å². The molecule has 6 nitrogen and oxygen atoms in total. The lowest BCUT2D eigenvalue weighted by Crippen LogP contribution is -2.46. The highest BCUT2D eigenvalue weighted by Crippen LogP contribution is 2.37. The summed E-state index contributed by atoms with van der Waals surface area (Å²) in [5.74, 6) is -1.14. The van der Waals surface area contributed by atoms with Crippen LogP contribution in [0.3, 0.4) is 0 Å². The van der Waals surface area contributed by atoms with Crippen molar-refractivity contribution in [3.8, 4) is 17.3 Å². The van der Waals surface area contributed by atoms with Crippen LogP contribution in [0.1, 0.15) is 30.9 Å². The summed E-state index contributed by atoms with van der Waals surface area (Å²) < 4.78 is 1.72. The number of nitrogens with zero attached hydrogens (tertiary/aromatic N) is 3. The highest BCUT2D eigenvalue weighted by Gasteiger charge is 2.37. The Labute approximate surface area is 157 Å². The zero-order valence-corrected chi connectivity index (χ0v) is 16.2. The van der Waals surface area contributed by atoms with E-state index in [1.54, 1.807) is 35.9 Å². The number of nitrogens with two attached hydrogens (primary N) is 1. The zero-order chi connectivity index (χ0) is 19.9. The van der Waals surface area contributed by atoms with Crippen LogP contribution in [0, 0.1) is 11.3 Å². The van der Waals surface area contributed by atoms with E-state index >= 15 is 0 Å². The second-order valence-electron chi connectivity index (χ2n) is 8.12. The molecule has 2 rings (SSSR count). The molecule has 0 spiro atoms. The second kappa shape index (κ2) is 6.64. The number of carboxylic acid groups (broad SMARTS) is 1. The quantitative estimate of drug-likeness (QED) is 0.640. The number of carbonyl (C=O) groups is 1. The SMILES string of the molecule is BC(B)(B)C(B)(C)n1nc(-c2ccc(C(C)C(=O)O)cc2)c(C#N)c1N. The van der Waals surface area contributed by atoms with Crippen molar-refractivity contribution in [1.29, 1.82) is 5.26 Å². The Morgan fingerprint density at radius 3 is 2.27 bits per heavy atom. The molecule has 2 aromatic rings. The van der Waals surface area contributed by atoms with Crippen molar-refractivity contribution in [1.82, 2.24) is 9.78 Å². The maximum absolute atomic E-state index is 11.1. The van der Waals surface area contributed by atoms with E-state index < -0.39 is 17.3 Å². The lowest BCUT2D eigenvalue weighted by atomic mass is 9.31. The van der Waals surface area contributed by atoms with Gasteiger partial charge in [0.15, 0.2) is 0 Å². The molecule has 0 aliphatic heterocycles. The van der Waals surface area contributed by atoms with E-state index in [1.807, 2.05) is 14.8 Å². The standard InChI is InChI=1S/C16H22B4N4O2/c1-8(14(25)26)9-3-5-10(6-4-9)12-11(7-21)13(22)24(23-12)15(2,17)16(18,19)20/h3-6,8H,17-20,22H2,1-2H3,(H,25,26). The van der Waals surface area contributed by atoms with Gasteiger partial charge in [-0.3, -0.25) is 9.48 Å². The Morgan fingerprint density at radius 2 is 1.85 bits per heavy atom. The molecule has 0 radical (unpaired) electrons. The fourth-order valence-corrected chi connectivity index (χ4v) is 2.56. The number of carboxylic acids is 1. The third-order valence-electron chi connectivity index (χ3n) is 5.45. The van der Waals surface area contributed by atoms with Gasteiger partial charge in [0, 0.05) is 11.0 Å². The summed E-state index contributed by atoms with van der Waals surface area (Å²) in [4.78, 5) is 11.1. The number of hydrogen-bond acceptors (Lipinski definition) is 4. The number of nitriles is 1. The molecule has 0 saturated carbocycles. The molecular formula is C16H22B4N4O2. The van der Waals surface area contributed by atoms with Gasteiger partial charge in [-0.25, -0.2) is 0 Å². The van der Waals surface area contributed by atoms with Crippen molar-refractivity contribution in [2.24, 2.45) is 0 Å². The van der Waals surface area contributed by atoms with Gasteiger partial charge >= 0.3 is 5.97 Å². The van der Waals surface area contributed by atoms with Gasteiger partial charge in [-0.1, -0.05) is 29.4 Å². The van der Waals surface area contributed by atoms with Crippen LogP contribution in [0.4, 0.5) is 5.82 Å². The molecule has 130 valence electrons. The Kier molecular flexibility index (Phi) is 5.05. The number of aliphatic carboxylic acids is 1. The van der Waals surface area contributed by atoms with Crippen LogP contribution in [-0.4, -0.2) is 52.2 Å². The second-order valence-corrected chi connectivity index (χ2v) is 8.12. The first kappa shape index (κ1) is 19.8. The minimum Gasteiger partial charge on any atom is -0.481 e. The van der Waals surface area contributed by atoms with Crippen LogP contribution in [0.2, 0.25) is 5.11 Å². The molecule has 1 aromatic carbocycles. The summed E-state index contributed by atoms with van der Waals surface area (Å²) in [6, 6.07) is 9.23. The molecule has 0 bridgehead atoms. The summed E-state index contributed by atoms with van der Waals surface area (Å²) in [5, 5.41) is 23.3. The van der Waals surface area contributed by atoms with Crippen LogP contribution in [0.25, 0.3) is 11.3 Å². The Morgan fingerprint density at radius 1 is 1.31 bits per heavy atom. The molecular weight excluding hydrogens is 323 g/mol. The molecule has 26 heavy (non-hydrogen) atoms. The summed E-state index contributed by atoms with van der Waals surface area (Å²) in [6.45, 7) is 3.68. The lowest BCUT2D eigenvalue weighted by molar-refractivity contribution is -0.138. The largest absolute Gasteiger partial charge is 0.481 e. The van der Waals surface area contributed by atoms with Gasteiger partial charge < -0.3 is 10.8 Å². The molecule has 1 heterocycles. The molecule has 0 amide bonds. The van der Waals surface area contributed by atoms with E-state index in [1.165, 1.54) is 0 Å². The molecule has 10 heteroatoms. The topological polar surface area (TPSA) is 105 Å². The molecule has 3 N–H and O–H groups in total. The van der Waals surface area contributed by atoms with E-state index in [0.29, 0.717) is 22.6 Å². The molecule has 0 saturated heterocycles. The van der Waals surface area contributed by atoms with Gasteiger partial charge in [-0.2, -0.15) is 10.4 Å². The van der Waals surface area contributed by atoms with Crippen molar-refractivity contribution in [3.05, 3.63) is 35.4 Å². The number of benzene rings is 1. The van der Waals surface area contributed by atoms with E-state index in [0.717, 1.165) is 5.56 Å². The van der Waals surface area contributed by atoms with Gasteiger partial charge in [0.25, 0.3) is 0 Å². The van der Waals surface area contributed by atoms with Crippen molar-refractivity contribution in [2.45, 2.75) is 30.3 Å². The van der Waals surface area contributed by atoms with Crippen LogP contribution in [-0.2, 0) is 10.2 Å². The summed E-state index contributed by atoms with van der Waals surface area (Å²) in [6.07, 6.45) is 0. The fourth-order valence-electron chi connectivity index (χ4n) is 2.56. The van der Waals surface area contributed by atoms with Crippen molar-refractivity contribution >= 4 is 43.2 Å². The third kappa shape index (κ3) is 3.26. The van der Waals surface area contributed by atoms with E-state index in [4.69, 9.17) is 10.8 Å². The van der Waals surface area contributed by atoms with Crippen LogP contribution < -0.4 is 5.73 Å². The molecule has 2 atom stereocenters. The third-order valence-corrected chi connectivity index (χ3v) is 5.45. The van der Waals surface area contributed by atoms with Gasteiger partial charge in [-0.15, -0.1) is 0 Å². The number of aromatic nitrogens is 2. The van der Waals surface area contributed by atoms with Crippen molar-refractivity contribution < 1.29 is 9.90 Å². The summed E-state index contributed by atoms with van der Waals surface area (Å²) in [5.41, 5.74) is 8.13. The monoisotopic (exact) mass is 346 g/mol. The highest BCUT2D eigenvalue weighted by molar-refractivity contribution is 6.62. The van der Waals surface area contributed by atoms with Crippen LogP contribution in [0.5, 0.6) is 0 Å². The maximum Gasteiger partial charge on any atom is 0.310 e. The average Bonchev–Trinajstić information content (AvgIpc) is 2.90. The molecule has 0 fully saturated rings. The number of hydrogen-bond donors (Lipinski definition) is 2. The Balaban J connectivity index is 2.57. The molecule has 2 unspecified atom stereocenters. The molecule has 1 aromatic heterocycles. The fraction of sp³-hybridized carbons (Fsp3) is 0.312. The smallest absolute Gasteiger partial charge is 0.310 e. The van der Waals surface area contributed by atoms with Crippen molar-refractivity contribution in [3.63, 3.8) is 0 Å². The first-order valence-corrected chi connectivity index (χ1v) is 8.54. The number of anilines is 1. The first-order chi connectivity index (χ1) is 11.9. The van der Waals surface area contributed by atoms with E-state index in [2.05, 4.69) is 34.7 Å². The average molecular weight is 346 g/mol. The zero-order valence-electron chi connectivity index (χ0n) is 16.2. The maximum atomic E-state index is 11.1. The predicted octanol–water partition coefficient (Wildman–Crippen LogP) is -1.53. The molecule has 0 aliphatic carbocycles. The lowest BCUT2D eigenvalue weighted by Gasteiger charge is -2.40. The van der Waals surface area contributed by atoms with Gasteiger partial charge in [-0.05, 0) is 19.4 Å². The number of rotatable bonds is 5. The highest BCUT2D eigenvalue weighted by atomic mass is 16.4. The Hall–Kier alpha value is -2.55. The first-order valence-electron chi connectivity index (χ1n) is 8.54. The number of nitrogen functional groups attached to an aromatic ring is 1. The van der Waals surface area contributed by atoms with Crippen molar-refractivity contribution in [2.75, 3.05) is 5.73 Å². The van der Waals surface area contributed by atoms with Crippen LogP contribution in [0.15, 0.2) is 24.3 Å². The minimum atomic E-state index is -0.879. The molecule has 0 aliphatic rings. The van der Waals surface area contributed by atoms with Gasteiger partial charge in [0.05, 0.1) is 29.5 Å². The predicted molar refractivity (Wildman–Crippen MR) is 113 cm³/mol. The Bertz CT molecular complexity index is 879. The van der Waals surface area contributed by atoms with Gasteiger partial charge in [0.2, 0.25) is 0 Å². The van der Waals surface area contributed by atoms with Gasteiger partial charge in [0.1, 0.15) is 31.0 Å². The summed E-state index contributed by atoms with van der Waals surface area (Å²) >= 11 is 0. The summed E-state index contributed by atoms with van der Waals surface area (Å²) in [7, 11) is 8.34. The minimum absolute atomic E-state index is 0.127.